The average molecular weight is 264 g/mol. The maximum atomic E-state index is 11.8. The molecule has 0 aliphatic rings. The van der Waals surface area contributed by atoms with E-state index in [1.165, 1.54) is 12.4 Å². The van der Waals surface area contributed by atoms with Crippen LogP contribution in [0.15, 0.2) is 23.5 Å². The summed E-state index contributed by atoms with van der Waals surface area (Å²) < 4.78 is 0. The van der Waals surface area contributed by atoms with Crippen LogP contribution in [-0.4, -0.2) is 53.4 Å². The Morgan fingerprint density at radius 3 is 2.74 bits per heavy atom. The predicted octanol–water partition coefficient (Wildman–Crippen LogP) is 0.961. The van der Waals surface area contributed by atoms with Gasteiger partial charge in [-0.15, -0.1) is 0 Å². The fourth-order valence-corrected chi connectivity index (χ4v) is 1.64. The SMILES string of the molecule is CCN(CC)CCNC(=O)c1ccc(C=NO)nc1. The summed E-state index contributed by atoms with van der Waals surface area (Å²) >= 11 is 0. The van der Waals surface area contributed by atoms with Gasteiger partial charge < -0.3 is 15.4 Å². The average Bonchev–Trinajstić information content (AvgIpc) is 2.44. The number of oxime groups is 1. The van der Waals surface area contributed by atoms with E-state index in [9.17, 15) is 4.79 Å². The zero-order chi connectivity index (χ0) is 14.1. The minimum absolute atomic E-state index is 0.146. The van der Waals surface area contributed by atoms with Crippen LogP contribution in [-0.2, 0) is 0 Å². The molecule has 1 heterocycles. The van der Waals surface area contributed by atoms with Crippen molar-refractivity contribution in [3.8, 4) is 0 Å². The minimum Gasteiger partial charge on any atom is -0.411 e. The second kappa shape index (κ2) is 8.20. The number of hydrogen-bond acceptors (Lipinski definition) is 5. The van der Waals surface area contributed by atoms with Gasteiger partial charge in [-0.2, -0.15) is 0 Å². The van der Waals surface area contributed by atoms with Crippen LogP contribution in [0.4, 0.5) is 0 Å². The van der Waals surface area contributed by atoms with Crippen molar-refractivity contribution in [2.75, 3.05) is 26.2 Å². The molecular weight excluding hydrogens is 244 g/mol. The second-order valence-corrected chi connectivity index (χ2v) is 4.00. The van der Waals surface area contributed by atoms with Crippen LogP contribution in [0.25, 0.3) is 0 Å². The monoisotopic (exact) mass is 264 g/mol. The highest BCUT2D eigenvalue weighted by Gasteiger charge is 2.06. The second-order valence-electron chi connectivity index (χ2n) is 4.00. The number of likely N-dealkylation sites (N-methyl/N-ethyl adjacent to an activating group) is 1. The Hall–Kier alpha value is -1.95. The van der Waals surface area contributed by atoms with E-state index in [1.54, 1.807) is 12.1 Å². The smallest absolute Gasteiger partial charge is 0.252 e. The molecule has 1 aromatic heterocycles. The third-order valence-corrected chi connectivity index (χ3v) is 2.85. The van der Waals surface area contributed by atoms with Gasteiger partial charge in [0.25, 0.3) is 5.91 Å². The van der Waals surface area contributed by atoms with Crippen molar-refractivity contribution >= 4 is 12.1 Å². The van der Waals surface area contributed by atoms with Crippen LogP contribution >= 0.6 is 0 Å². The fourth-order valence-electron chi connectivity index (χ4n) is 1.64. The molecule has 1 rings (SSSR count). The van der Waals surface area contributed by atoms with E-state index in [2.05, 4.69) is 34.2 Å². The molecule has 0 bridgehead atoms. The number of amides is 1. The number of carbonyl (C=O) groups excluding carboxylic acids is 1. The van der Waals surface area contributed by atoms with Gasteiger partial charge in [0.15, 0.2) is 0 Å². The number of rotatable bonds is 7. The van der Waals surface area contributed by atoms with Gasteiger partial charge in [-0.25, -0.2) is 0 Å². The number of nitrogens with zero attached hydrogens (tertiary/aromatic N) is 3. The summed E-state index contributed by atoms with van der Waals surface area (Å²) in [7, 11) is 0. The van der Waals surface area contributed by atoms with Crippen LogP contribution in [0.3, 0.4) is 0 Å². The Kier molecular flexibility index (Phi) is 6.52. The lowest BCUT2D eigenvalue weighted by Gasteiger charge is -2.17. The standard InChI is InChI=1S/C13H20N4O2/c1-3-17(4-2)8-7-14-13(18)11-5-6-12(10-16-19)15-9-11/h5-6,9-10,19H,3-4,7-8H2,1-2H3,(H,14,18). The highest BCUT2D eigenvalue weighted by Crippen LogP contribution is 1.98. The first-order chi connectivity index (χ1) is 9.21. The maximum absolute atomic E-state index is 11.8. The molecule has 2 N–H and O–H groups in total. The number of aromatic nitrogens is 1. The number of hydrogen-bond donors (Lipinski definition) is 2. The summed E-state index contributed by atoms with van der Waals surface area (Å²) in [6.07, 6.45) is 2.67. The quantitative estimate of drug-likeness (QED) is 0.437. The molecule has 0 aliphatic carbocycles. The van der Waals surface area contributed by atoms with Gasteiger partial charge in [0, 0.05) is 19.3 Å². The van der Waals surface area contributed by atoms with E-state index in [-0.39, 0.29) is 5.91 Å². The summed E-state index contributed by atoms with van der Waals surface area (Å²) in [5.41, 5.74) is 0.997. The van der Waals surface area contributed by atoms with Gasteiger partial charge >= 0.3 is 0 Å². The Labute approximate surface area is 113 Å². The third kappa shape index (κ3) is 5.05. The number of pyridine rings is 1. The van der Waals surface area contributed by atoms with Gasteiger partial charge in [-0.05, 0) is 25.2 Å². The summed E-state index contributed by atoms with van der Waals surface area (Å²) in [6.45, 7) is 7.58. The molecule has 0 saturated heterocycles. The van der Waals surface area contributed by atoms with Gasteiger partial charge in [0.05, 0.1) is 17.5 Å². The Balaban J connectivity index is 2.45. The van der Waals surface area contributed by atoms with E-state index in [1.807, 2.05) is 0 Å². The molecular formula is C13H20N4O2. The maximum Gasteiger partial charge on any atom is 0.252 e. The van der Waals surface area contributed by atoms with Crippen LogP contribution < -0.4 is 5.32 Å². The topological polar surface area (TPSA) is 77.8 Å². The first-order valence-electron chi connectivity index (χ1n) is 6.35. The van der Waals surface area contributed by atoms with Crippen molar-refractivity contribution in [2.45, 2.75) is 13.8 Å². The summed E-state index contributed by atoms with van der Waals surface area (Å²) in [5.74, 6) is -0.146. The fraction of sp³-hybridized carbons (Fsp3) is 0.462. The molecule has 6 heteroatoms. The third-order valence-electron chi connectivity index (χ3n) is 2.85. The highest BCUT2D eigenvalue weighted by molar-refractivity contribution is 5.94. The molecule has 0 fully saturated rings. The first-order valence-corrected chi connectivity index (χ1v) is 6.35. The molecule has 104 valence electrons. The van der Waals surface area contributed by atoms with Crippen molar-refractivity contribution in [2.24, 2.45) is 5.16 Å². The van der Waals surface area contributed by atoms with Gasteiger partial charge in [0.1, 0.15) is 0 Å². The molecule has 19 heavy (non-hydrogen) atoms. The Morgan fingerprint density at radius 1 is 1.47 bits per heavy atom. The summed E-state index contributed by atoms with van der Waals surface area (Å²) in [4.78, 5) is 18.0. The highest BCUT2D eigenvalue weighted by atomic mass is 16.4. The van der Waals surface area contributed by atoms with E-state index in [4.69, 9.17) is 5.21 Å². The minimum atomic E-state index is -0.146. The van der Waals surface area contributed by atoms with Crippen molar-refractivity contribution in [1.29, 1.82) is 0 Å². The van der Waals surface area contributed by atoms with Crippen molar-refractivity contribution in [1.82, 2.24) is 15.2 Å². The molecule has 0 aromatic carbocycles. The Bertz CT molecular complexity index is 413. The molecule has 0 aliphatic heterocycles. The van der Waals surface area contributed by atoms with Gasteiger partial charge in [-0.1, -0.05) is 19.0 Å². The molecule has 0 atom stereocenters. The number of carbonyl (C=O) groups is 1. The Morgan fingerprint density at radius 2 is 2.21 bits per heavy atom. The van der Waals surface area contributed by atoms with Crippen LogP contribution in [0.1, 0.15) is 29.9 Å². The molecule has 0 spiro atoms. The van der Waals surface area contributed by atoms with Crippen molar-refractivity contribution < 1.29 is 10.0 Å². The van der Waals surface area contributed by atoms with Crippen molar-refractivity contribution in [3.63, 3.8) is 0 Å². The van der Waals surface area contributed by atoms with E-state index < -0.39 is 0 Å². The molecule has 0 radical (unpaired) electrons. The summed E-state index contributed by atoms with van der Waals surface area (Å²) in [5, 5.41) is 14.1. The van der Waals surface area contributed by atoms with E-state index in [0.29, 0.717) is 17.8 Å². The zero-order valence-electron chi connectivity index (χ0n) is 11.3. The molecule has 1 amide bonds. The van der Waals surface area contributed by atoms with Crippen molar-refractivity contribution in [3.05, 3.63) is 29.6 Å². The molecule has 6 nitrogen and oxygen atoms in total. The van der Waals surface area contributed by atoms with Gasteiger partial charge in [-0.3, -0.25) is 9.78 Å². The lowest BCUT2D eigenvalue weighted by molar-refractivity contribution is 0.0948. The predicted molar refractivity (Wildman–Crippen MR) is 73.7 cm³/mol. The lowest BCUT2D eigenvalue weighted by Crippen LogP contribution is -2.34. The lowest BCUT2D eigenvalue weighted by atomic mass is 10.2. The molecule has 0 saturated carbocycles. The van der Waals surface area contributed by atoms with Crippen LogP contribution in [0, 0.1) is 0 Å². The largest absolute Gasteiger partial charge is 0.411 e. The molecule has 1 aromatic rings. The molecule has 0 unspecified atom stereocenters. The van der Waals surface area contributed by atoms with Crippen LogP contribution in [0.2, 0.25) is 0 Å². The van der Waals surface area contributed by atoms with E-state index >= 15 is 0 Å². The normalized spacial score (nSPS) is 11.1. The van der Waals surface area contributed by atoms with E-state index in [0.717, 1.165) is 19.6 Å². The zero-order valence-corrected chi connectivity index (χ0v) is 11.3. The number of nitrogens with one attached hydrogen (secondary N) is 1. The van der Waals surface area contributed by atoms with Gasteiger partial charge in [0.2, 0.25) is 0 Å². The van der Waals surface area contributed by atoms with Crippen LogP contribution in [0.5, 0.6) is 0 Å². The summed E-state index contributed by atoms with van der Waals surface area (Å²) in [6, 6.07) is 3.27. The first kappa shape index (κ1) is 15.1.